The van der Waals surface area contributed by atoms with Crippen molar-refractivity contribution in [2.24, 2.45) is 0 Å². The van der Waals surface area contributed by atoms with Crippen molar-refractivity contribution in [3.63, 3.8) is 0 Å². The molecule has 0 aromatic heterocycles. The van der Waals surface area contributed by atoms with Gasteiger partial charge in [-0.25, -0.2) is 0 Å². The van der Waals surface area contributed by atoms with Crippen LogP contribution >= 0.6 is 0 Å². The summed E-state index contributed by atoms with van der Waals surface area (Å²) in [5.74, 6) is 0.484. The Hall–Kier alpha value is -1.77. The Kier molecular flexibility index (Phi) is 2.72. The lowest BCUT2D eigenvalue weighted by Gasteiger charge is -2.20. The van der Waals surface area contributed by atoms with Gasteiger partial charge in [-0.15, -0.1) is 0 Å². The molecule has 0 saturated heterocycles. The molecule has 0 amide bonds. The maximum Gasteiger partial charge on any atom is 0.308 e. The molecule has 3 heteroatoms. The second kappa shape index (κ2) is 4.17. The van der Waals surface area contributed by atoms with Crippen LogP contribution in [-0.2, 0) is 9.53 Å². The molecule has 15 heavy (non-hydrogen) atoms. The van der Waals surface area contributed by atoms with Crippen LogP contribution in [0, 0.1) is 0 Å². The zero-order chi connectivity index (χ0) is 10.7. The van der Waals surface area contributed by atoms with Crippen LogP contribution in [0.5, 0.6) is 5.75 Å². The van der Waals surface area contributed by atoms with E-state index in [1.165, 1.54) is 0 Å². The third-order valence-electron chi connectivity index (χ3n) is 2.13. The highest BCUT2D eigenvalue weighted by Gasteiger charge is 2.16. The Balaban J connectivity index is 2.09. The lowest BCUT2D eigenvalue weighted by atomic mass is 10.1. The Bertz CT molecular complexity index is 396. The van der Waals surface area contributed by atoms with E-state index in [9.17, 15) is 4.79 Å². The number of carbonyl (C=O) groups excluding carboxylic acids is 1. The van der Waals surface area contributed by atoms with E-state index in [1.54, 1.807) is 13.0 Å². The Morgan fingerprint density at radius 3 is 3.07 bits per heavy atom. The molecule has 2 rings (SSSR count). The zero-order valence-electron chi connectivity index (χ0n) is 8.47. The third kappa shape index (κ3) is 2.18. The molecule has 1 aromatic rings. The van der Waals surface area contributed by atoms with Crippen molar-refractivity contribution in [2.75, 3.05) is 0 Å². The van der Waals surface area contributed by atoms with Gasteiger partial charge >= 0.3 is 5.97 Å². The summed E-state index contributed by atoms with van der Waals surface area (Å²) in [6.07, 6.45) is 3.39. The summed E-state index contributed by atoms with van der Waals surface area (Å²) in [6.45, 7) is 1.75. The molecule has 1 aliphatic heterocycles. The van der Waals surface area contributed by atoms with Crippen LogP contribution in [0.2, 0.25) is 0 Å². The summed E-state index contributed by atoms with van der Waals surface area (Å²) in [5, 5.41) is 0. The smallest absolute Gasteiger partial charge is 0.308 e. The molecular weight excluding hydrogens is 192 g/mol. The summed E-state index contributed by atoms with van der Waals surface area (Å²) >= 11 is 0. The van der Waals surface area contributed by atoms with Gasteiger partial charge in [-0.2, -0.15) is 0 Å². The lowest BCUT2D eigenvalue weighted by molar-refractivity contribution is -0.157. The molecule has 0 N–H and O–H groups in total. The van der Waals surface area contributed by atoms with Gasteiger partial charge in [0.25, 0.3) is 6.29 Å². The molecule has 1 heterocycles. The van der Waals surface area contributed by atoms with Crippen LogP contribution in [-0.4, -0.2) is 12.3 Å². The zero-order valence-corrected chi connectivity index (χ0v) is 8.47. The van der Waals surface area contributed by atoms with Crippen LogP contribution in [0.15, 0.2) is 30.3 Å². The molecule has 1 unspecified atom stereocenters. The summed E-state index contributed by atoms with van der Waals surface area (Å²) < 4.78 is 10.5. The minimum Gasteiger partial charge on any atom is -0.450 e. The molecule has 0 fully saturated rings. The minimum atomic E-state index is -0.590. The standard InChI is InChI=1S/C12H12O3/c1-2-11(13)15-12-8-7-9-5-3-4-6-10(9)14-12/h3-8,12H,2H2,1H3. The molecule has 1 atom stereocenters. The minimum absolute atomic E-state index is 0.260. The number of carbonyl (C=O) groups is 1. The number of esters is 1. The van der Waals surface area contributed by atoms with Crippen molar-refractivity contribution in [2.45, 2.75) is 19.6 Å². The summed E-state index contributed by atoms with van der Waals surface area (Å²) in [4.78, 5) is 11.1. The van der Waals surface area contributed by atoms with Gasteiger partial charge in [0.2, 0.25) is 0 Å². The van der Waals surface area contributed by atoms with Crippen LogP contribution in [0.4, 0.5) is 0 Å². The van der Waals surface area contributed by atoms with E-state index in [0.29, 0.717) is 6.42 Å². The third-order valence-corrected chi connectivity index (χ3v) is 2.13. The topological polar surface area (TPSA) is 35.5 Å². The number of hydrogen-bond donors (Lipinski definition) is 0. The summed E-state index contributed by atoms with van der Waals surface area (Å²) in [5.41, 5.74) is 1.00. The van der Waals surface area contributed by atoms with Crippen molar-refractivity contribution in [1.82, 2.24) is 0 Å². The van der Waals surface area contributed by atoms with E-state index in [1.807, 2.05) is 30.3 Å². The van der Waals surface area contributed by atoms with Crippen LogP contribution in [0.25, 0.3) is 6.08 Å². The predicted octanol–water partition coefficient (Wildman–Crippen LogP) is 2.37. The number of fused-ring (bicyclic) bond motifs is 1. The maximum atomic E-state index is 11.1. The van der Waals surface area contributed by atoms with Gasteiger partial charge in [-0.05, 0) is 18.2 Å². The van der Waals surface area contributed by atoms with E-state index < -0.39 is 6.29 Å². The second-order valence-corrected chi connectivity index (χ2v) is 3.23. The van der Waals surface area contributed by atoms with E-state index in [4.69, 9.17) is 9.47 Å². The average Bonchev–Trinajstić information content (AvgIpc) is 2.29. The summed E-state index contributed by atoms with van der Waals surface area (Å²) in [7, 11) is 0. The van der Waals surface area contributed by atoms with Crippen molar-refractivity contribution in [1.29, 1.82) is 0 Å². The highest BCUT2D eigenvalue weighted by molar-refractivity contribution is 5.69. The second-order valence-electron chi connectivity index (χ2n) is 3.23. The van der Waals surface area contributed by atoms with E-state index in [-0.39, 0.29) is 5.97 Å². The first-order valence-electron chi connectivity index (χ1n) is 4.93. The van der Waals surface area contributed by atoms with Gasteiger partial charge in [-0.1, -0.05) is 25.1 Å². The fourth-order valence-electron chi connectivity index (χ4n) is 1.35. The van der Waals surface area contributed by atoms with Gasteiger partial charge in [-0.3, -0.25) is 4.79 Å². The van der Waals surface area contributed by atoms with Gasteiger partial charge in [0.15, 0.2) is 0 Å². The number of rotatable bonds is 2. The first kappa shape index (κ1) is 9.77. The van der Waals surface area contributed by atoms with Gasteiger partial charge < -0.3 is 9.47 Å². The first-order chi connectivity index (χ1) is 7.29. The molecular formula is C12H12O3. The average molecular weight is 204 g/mol. The SMILES string of the molecule is CCC(=O)OC1C=Cc2ccccc2O1. The monoisotopic (exact) mass is 204 g/mol. The largest absolute Gasteiger partial charge is 0.450 e. The quantitative estimate of drug-likeness (QED) is 0.694. The highest BCUT2D eigenvalue weighted by atomic mass is 16.7. The molecule has 0 bridgehead atoms. The molecule has 3 nitrogen and oxygen atoms in total. The van der Waals surface area contributed by atoms with E-state index in [0.717, 1.165) is 11.3 Å². The predicted molar refractivity (Wildman–Crippen MR) is 56.3 cm³/mol. The first-order valence-corrected chi connectivity index (χ1v) is 4.93. The number of ether oxygens (including phenoxy) is 2. The van der Waals surface area contributed by atoms with Gasteiger partial charge in [0, 0.05) is 12.0 Å². The van der Waals surface area contributed by atoms with Crippen molar-refractivity contribution < 1.29 is 14.3 Å². The Morgan fingerprint density at radius 2 is 2.27 bits per heavy atom. The normalized spacial score (nSPS) is 17.8. The molecule has 1 aliphatic rings. The summed E-state index contributed by atoms with van der Waals surface area (Å²) in [6, 6.07) is 7.62. The molecule has 0 radical (unpaired) electrons. The number of hydrogen-bond acceptors (Lipinski definition) is 3. The van der Waals surface area contributed by atoms with Crippen molar-refractivity contribution in [3.8, 4) is 5.75 Å². The van der Waals surface area contributed by atoms with Crippen molar-refractivity contribution >= 4 is 12.0 Å². The van der Waals surface area contributed by atoms with Crippen LogP contribution in [0.1, 0.15) is 18.9 Å². The fraction of sp³-hybridized carbons (Fsp3) is 0.250. The van der Waals surface area contributed by atoms with Crippen LogP contribution < -0.4 is 4.74 Å². The van der Waals surface area contributed by atoms with Crippen LogP contribution in [0.3, 0.4) is 0 Å². The van der Waals surface area contributed by atoms with E-state index >= 15 is 0 Å². The fourth-order valence-corrected chi connectivity index (χ4v) is 1.35. The maximum absolute atomic E-state index is 11.1. The molecule has 0 saturated carbocycles. The van der Waals surface area contributed by atoms with Gasteiger partial charge in [0.05, 0.1) is 0 Å². The van der Waals surface area contributed by atoms with Gasteiger partial charge in [0.1, 0.15) is 5.75 Å². The highest BCUT2D eigenvalue weighted by Crippen LogP contribution is 2.25. The number of benzene rings is 1. The van der Waals surface area contributed by atoms with Crippen molar-refractivity contribution in [3.05, 3.63) is 35.9 Å². The Labute approximate surface area is 88.3 Å². The Morgan fingerprint density at radius 1 is 1.47 bits per heavy atom. The number of para-hydroxylation sites is 1. The molecule has 0 spiro atoms. The van der Waals surface area contributed by atoms with E-state index in [2.05, 4.69) is 0 Å². The lowest BCUT2D eigenvalue weighted by Crippen LogP contribution is -2.23. The molecule has 78 valence electrons. The molecule has 1 aromatic carbocycles. The molecule has 0 aliphatic carbocycles.